The molecule has 17 heavy (non-hydrogen) atoms. The molecule has 2 aromatic heterocycles. The summed E-state index contributed by atoms with van der Waals surface area (Å²) >= 11 is 0. The molecule has 3 heterocycles. The molecule has 4 heteroatoms. The van der Waals surface area contributed by atoms with Gasteiger partial charge in [-0.2, -0.15) is 0 Å². The van der Waals surface area contributed by atoms with Crippen LogP contribution >= 0.6 is 0 Å². The molecular weight excluding hydrogens is 212 g/mol. The smallest absolute Gasteiger partial charge is 0.0482 e. The monoisotopic (exact) mass is 226 g/mol. The number of hydrogen-bond donors (Lipinski definition) is 2. The lowest BCUT2D eigenvalue weighted by Gasteiger charge is -2.09. The van der Waals surface area contributed by atoms with Crippen LogP contribution in [0.5, 0.6) is 0 Å². The van der Waals surface area contributed by atoms with Gasteiger partial charge in [-0.15, -0.1) is 0 Å². The van der Waals surface area contributed by atoms with E-state index in [9.17, 15) is 0 Å². The first-order valence-corrected chi connectivity index (χ1v) is 5.74. The number of pyridine rings is 2. The zero-order valence-electron chi connectivity index (χ0n) is 9.38. The van der Waals surface area contributed by atoms with Crippen LogP contribution in [0.3, 0.4) is 0 Å². The molecule has 1 fully saturated rings. The van der Waals surface area contributed by atoms with Gasteiger partial charge in [-0.05, 0) is 41.8 Å². The van der Waals surface area contributed by atoms with E-state index < -0.39 is 0 Å². The summed E-state index contributed by atoms with van der Waals surface area (Å²) in [5, 5.41) is 0. The first-order valence-electron chi connectivity index (χ1n) is 5.74. The maximum atomic E-state index is 4.04. The maximum Gasteiger partial charge on any atom is 0.0482 e. The molecule has 1 aliphatic heterocycles. The minimum atomic E-state index is 0.344. The maximum absolute atomic E-state index is 4.04. The van der Waals surface area contributed by atoms with Gasteiger partial charge in [0.25, 0.3) is 0 Å². The Balaban J connectivity index is 1.75. The average molecular weight is 226 g/mol. The van der Waals surface area contributed by atoms with Crippen molar-refractivity contribution in [1.82, 2.24) is 20.8 Å². The third-order valence-electron chi connectivity index (χ3n) is 3.12. The van der Waals surface area contributed by atoms with Crippen LogP contribution in [0.1, 0.15) is 29.6 Å². The summed E-state index contributed by atoms with van der Waals surface area (Å²) < 4.78 is 0. The van der Waals surface area contributed by atoms with E-state index in [4.69, 9.17) is 0 Å². The standard InChI is InChI=1S/C13H14N4/c1-5-14-6-2-10(1)12-9-13(17-16-12)11-3-7-15-8-4-11/h1-8,12-13,16-17H,9H2. The molecule has 4 nitrogen and oxygen atoms in total. The van der Waals surface area contributed by atoms with Crippen molar-refractivity contribution in [3.8, 4) is 0 Å². The van der Waals surface area contributed by atoms with E-state index in [-0.39, 0.29) is 0 Å². The van der Waals surface area contributed by atoms with Crippen LogP contribution in [0.25, 0.3) is 0 Å². The summed E-state index contributed by atoms with van der Waals surface area (Å²) in [6.07, 6.45) is 8.36. The van der Waals surface area contributed by atoms with Crippen molar-refractivity contribution in [1.29, 1.82) is 0 Å². The van der Waals surface area contributed by atoms with Crippen LogP contribution in [0, 0.1) is 0 Å². The van der Waals surface area contributed by atoms with E-state index in [0.717, 1.165) is 6.42 Å². The van der Waals surface area contributed by atoms with Gasteiger partial charge in [0.1, 0.15) is 0 Å². The predicted octanol–water partition coefficient (Wildman–Crippen LogP) is 1.76. The minimum Gasteiger partial charge on any atom is -0.265 e. The highest BCUT2D eigenvalue weighted by molar-refractivity contribution is 5.21. The molecule has 0 bridgehead atoms. The van der Waals surface area contributed by atoms with Gasteiger partial charge in [0.2, 0.25) is 0 Å². The van der Waals surface area contributed by atoms with Crippen LogP contribution < -0.4 is 10.9 Å². The molecular formula is C13H14N4. The number of hydrazine groups is 1. The van der Waals surface area contributed by atoms with Crippen molar-refractivity contribution >= 4 is 0 Å². The highest BCUT2D eigenvalue weighted by atomic mass is 15.4. The number of rotatable bonds is 2. The van der Waals surface area contributed by atoms with E-state index in [1.54, 1.807) is 0 Å². The van der Waals surface area contributed by atoms with Crippen LogP contribution in [-0.4, -0.2) is 9.97 Å². The summed E-state index contributed by atoms with van der Waals surface area (Å²) in [5.41, 5.74) is 9.18. The highest BCUT2D eigenvalue weighted by Gasteiger charge is 2.25. The van der Waals surface area contributed by atoms with Crippen molar-refractivity contribution in [3.05, 3.63) is 60.2 Å². The van der Waals surface area contributed by atoms with Crippen molar-refractivity contribution in [2.75, 3.05) is 0 Å². The zero-order valence-corrected chi connectivity index (χ0v) is 9.38. The quantitative estimate of drug-likeness (QED) is 0.819. The highest BCUT2D eigenvalue weighted by Crippen LogP contribution is 2.29. The van der Waals surface area contributed by atoms with Crippen molar-refractivity contribution < 1.29 is 0 Å². The van der Waals surface area contributed by atoms with Gasteiger partial charge in [0.15, 0.2) is 0 Å². The number of nitrogens with one attached hydrogen (secondary N) is 2. The summed E-state index contributed by atoms with van der Waals surface area (Å²) in [6, 6.07) is 8.89. The summed E-state index contributed by atoms with van der Waals surface area (Å²) in [5.74, 6) is 0. The molecule has 2 N–H and O–H groups in total. The van der Waals surface area contributed by atoms with Crippen LogP contribution in [0.2, 0.25) is 0 Å². The lowest BCUT2D eigenvalue weighted by atomic mass is 9.99. The summed E-state index contributed by atoms with van der Waals surface area (Å²) in [6.45, 7) is 0. The molecule has 0 aromatic carbocycles. The van der Waals surface area contributed by atoms with E-state index in [2.05, 4.69) is 20.8 Å². The fourth-order valence-corrected chi connectivity index (χ4v) is 2.19. The molecule has 0 aliphatic carbocycles. The Morgan fingerprint density at radius 3 is 1.59 bits per heavy atom. The second-order valence-electron chi connectivity index (χ2n) is 4.19. The summed E-state index contributed by atoms with van der Waals surface area (Å²) in [4.78, 5) is 8.08. The van der Waals surface area contributed by atoms with E-state index in [0.29, 0.717) is 12.1 Å². The Kier molecular flexibility index (Phi) is 2.81. The van der Waals surface area contributed by atoms with Crippen LogP contribution in [0.15, 0.2) is 49.1 Å². The van der Waals surface area contributed by atoms with Crippen molar-refractivity contribution in [3.63, 3.8) is 0 Å². The van der Waals surface area contributed by atoms with Gasteiger partial charge < -0.3 is 0 Å². The van der Waals surface area contributed by atoms with Gasteiger partial charge in [0, 0.05) is 36.9 Å². The van der Waals surface area contributed by atoms with Gasteiger partial charge in [-0.25, -0.2) is 10.9 Å². The third-order valence-corrected chi connectivity index (χ3v) is 3.12. The van der Waals surface area contributed by atoms with Gasteiger partial charge >= 0.3 is 0 Å². The number of aromatic nitrogens is 2. The van der Waals surface area contributed by atoms with Crippen molar-refractivity contribution in [2.45, 2.75) is 18.5 Å². The Morgan fingerprint density at radius 2 is 1.18 bits per heavy atom. The Labute approximate surface area is 100 Å². The lowest BCUT2D eigenvalue weighted by Crippen LogP contribution is -2.26. The molecule has 0 radical (unpaired) electrons. The molecule has 2 atom stereocenters. The minimum absolute atomic E-state index is 0.344. The molecule has 0 saturated carbocycles. The molecule has 2 unspecified atom stereocenters. The van der Waals surface area contributed by atoms with Gasteiger partial charge in [0.05, 0.1) is 0 Å². The zero-order chi connectivity index (χ0) is 11.5. The lowest BCUT2D eigenvalue weighted by molar-refractivity contribution is 0.554. The van der Waals surface area contributed by atoms with Gasteiger partial charge in [-0.3, -0.25) is 9.97 Å². The third kappa shape index (κ3) is 2.18. The number of nitrogens with zero attached hydrogens (tertiary/aromatic N) is 2. The normalized spacial score (nSPS) is 23.8. The molecule has 1 aliphatic rings. The molecule has 0 spiro atoms. The second kappa shape index (κ2) is 4.61. The van der Waals surface area contributed by atoms with Gasteiger partial charge in [-0.1, -0.05) is 0 Å². The molecule has 0 amide bonds. The number of hydrogen-bond acceptors (Lipinski definition) is 4. The van der Waals surface area contributed by atoms with Crippen molar-refractivity contribution in [2.24, 2.45) is 0 Å². The van der Waals surface area contributed by atoms with E-state index >= 15 is 0 Å². The first-order chi connectivity index (χ1) is 8.43. The SMILES string of the molecule is c1cc(C2CC(c3ccncc3)NN2)ccn1. The topological polar surface area (TPSA) is 49.8 Å². The van der Waals surface area contributed by atoms with Crippen LogP contribution in [0.4, 0.5) is 0 Å². The fraction of sp³-hybridized carbons (Fsp3) is 0.231. The largest absolute Gasteiger partial charge is 0.265 e. The molecule has 1 saturated heterocycles. The molecule has 2 aromatic rings. The Bertz CT molecular complexity index is 426. The fourth-order valence-electron chi connectivity index (χ4n) is 2.19. The summed E-state index contributed by atoms with van der Waals surface area (Å²) in [7, 11) is 0. The Hall–Kier alpha value is -1.78. The van der Waals surface area contributed by atoms with E-state index in [1.165, 1.54) is 11.1 Å². The second-order valence-corrected chi connectivity index (χ2v) is 4.19. The average Bonchev–Trinajstić information content (AvgIpc) is 2.90. The first kappa shape index (κ1) is 10.4. The Morgan fingerprint density at radius 1 is 0.765 bits per heavy atom. The van der Waals surface area contributed by atoms with E-state index in [1.807, 2.05) is 49.1 Å². The molecule has 3 rings (SSSR count). The predicted molar refractivity (Wildman–Crippen MR) is 64.8 cm³/mol. The molecule has 86 valence electrons. The van der Waals surface area contributed by atoms with Crippen LogP contribution in [-0.2, 0) is 0 Å².